The van der Waals surface area contributed by atoms with Gasteiger partial charge in [0.1, 0.15) is 5.92 Å². The number of nitrogens with zero attached hydrogens (tertiary/aromatic N) is 2. The number of halogens is 3. The highest BCUT2D eigenvalue weighted by Gasteiger charge is 2.42. The Bertz CT molecular complexity index is 1100. The highest BCUT2D eigenvalue weighted by atomic mass is 19.4. The van der Waals surface area contributed by atoms with Gasteiger partial charge in [-0.3, -0.25) is 9.79 Å². The van der Waals surface area contributed by atoms with Gasteiger partial charge in [0.05, 0.1) is 24.5 Å². The Labute approximate surface area is 189 Å². The molecule has 1 N–H and O–H groups in total. The van der Waals surface area contributed by atoms with Crippen molar-refractivity contribution in [3.8, 4) is 0 Å². The lowest BCUT2D eigenvalue weighted by Gasteiger charge is -2.39. The summed E-state index contributed by atoms with van der Waals surface area (Å²) in [6.45, 7) is 3.74. The molecule has 3 heterocycles. The number of benzene rings is 2. The number of aryl methyl sites for hydroxylation is 1. The van der Waals surface area contributed by atoms with Crippen LogP contribution in [-0.4, -0.2) is 44.2 Å². The lowest BCUT2D eigenvalue weighted by Crippen LogP contribution is -2.45. The maximum absolute atomic E-state index is 13.9. The molecular weight excluding hydrogens is 435 g/mol. The van der Waals surface area contributed by atoms with Crippen molar-refractivity contribution in [1.29, 1.82) is 0 Å². The van der Waals surface area contributed by atoms with E-state index in [2.05, 4.69) is 10.3 Å². The van der Waals surface area contributed by atoms with Crippen LogP contribution < -0.4 is 10.2 Å². The van der Waals surface area contributed by atoms with Crippen molar-refractivity contribution < 1.29 is 27.4 Å². The van der Waals surface area contributed by atoms with Crippen molar-refractivity contribution in [3.05, 3.63) is 53.1 Å². The van der Waals surface area contributed by atoms with Crippen LogP contribution >= 0.6 is 0 Å². The Morgan fingerprint density at radius 2 is 1.88 bits per heavy atom. The minimum atomic E-state index is -4.54. The van der Waals surface area contributed by atoms with E-state index in [0.717, 1.165) is 17.2 Å². The van der Waals surface area contributed by atoms with E-state index in [9.17, 15) is 18.0 Å². The Morgan fingerprint density at radius 1 is 1.15 bits per heavy atom. The lowest BCUT2D eigenvalue weighted by molar-refractivity contribution is -0.169. The number of nitrogens with one attached hydrogen (secondary N) is 1. The van der Waals surface area contributed by atoms with Crippen LogP contribution in [0.25, 0.3) is 0 Å². The number of hydrogen-bond donors (Lipinski definition) is 1. The molecule has 2 aromatic carbocycles. The van der Waals surface area contributed by atoms with Crippen LogP contribution in [0.15, 0.2) is 41.4 Å². The number of carbonyl (C=O) groups excluding carboxylic acids is 1. The van der Waals surface area contributed by atoms with E-state index in [1.54, 1.807) is 17.0 Å². The molecule has 1 unspecified atom stereocenters. The second-order valence-corrected chi connectivity index (χ2v) is 8.58. The lowest BCUT2D eigenvalue weighted by atomic mass is 9.97. The third kappa shape index (κ3) is 4.11. The molecule has 0 aromatic heterocycles. The third-order valence-corrected chi connectivity index (χ3v) is 6.51. The molecule has 3 aliphatic heterocycles. The van der Waals surface area contributed by atoms with Crippen molar-refractivity contribution >= 4 is 29.2 Å². The largest absolute Gasteiger partial charge is 0.418 e. The summed E-state index contributed by atoms with van der Waals surface area (Å²) in [5, 5.41) is 2.80. The number of fused-ring (bicyclic) bond motifs is 1. The van der Waals surface area contributed by atoms with E-state index < -0.39 is 23.4 Å². The van der Waals surface area contributed by atoms with Crippen molar-refractivity contribution in [2.75, 3.05) is 36.5 Å². The maximum atomic E-state index is 13.9. The van der Waals surface area contributed by atoms with Gasteiger partial charge in [0.25, 0.3) is 0 Å². The van der Waals surface area contributed by atoms with Gasteiger partial charge in [0.2, 0.25) is 5.91 Å². The molecule has 5 rings (SSSR count). The molecule has 174 valence electrons. The number of aliphatic imine (C=N–C) groups is 1. The van der Waals surface area contributed by atoms with Gasteiger partial charge in [0.15, 0.2) is 5.79 Å². The predicted octanol–water partition coefficient (Wildman–Crippen LogP) is 4.80. The van der Waals surface area contributed by atoms with Gasteiger partial charge in [-0.15, -0.1) is 0 Å². The molecule has 9 heteroatoms. The number of alkyl halides is 3. The van der Waals surface area contributed by atoms with Crippen LogP contribution in [0.2, 0.25) is 0 Å². The summed E-state index contributed by atoms with van der Waals surface area (Å²) in [5.41, 5.74) is 1.96. The van der Waals surface area contributed by atoms with Gasteiger partial charge in [-0.1, -0.05) is 12.1 Å². The minimum absolute atomic E-state index is 0.120. The Morgan fingerprint density at radius 3 is 2.58 bits per heavy atom. The van der Waals surface area contributed by atoms with E-state index in [-0.39, 0.29) is 17.3 Å². The quantitative estimate of drug-likeness (QED) is 0.670. The van der Waals surface area contributed by atoms with E-state index in [1.165, 1.54) is 12.3 Å². The van der Waals surface area contributed by atoms with Crippen LogP contribution in [0.1, 0.15) is 35.4 Å². The zero-order chi connectivity index (χ0) is 23.2. The molecule has 6 nitrogen and oxygen atoms in total. The average molecular weight is 459 g/mol. The summed E-state index contributed by atoms with van der Waals surface area (Å²) in [4.78, 5) is 18.4. The molecule has 1 spiro atoms. The van der Waals surface area contributed by atoms with Crippen LogP contribution in [0, 0.1) is 6.92 Å². The molecule has 0 radical (unpaired) electrons. The number of anilines is 2. The number of piperidine rings is 1. The molecule has 2 fully saturated rings. The summed E-state index contributed by atoms with van der Waals surface area (Å²) < 4.78 is 53.2. The molecular formula is C24H24F3N3O3. The molecule has 0 saturated carbocycles. The zero-order valence-electron chi connectivity index (χ0n) is 18.1. The zero-order valence-corrected chi connectivity index (χ0v) is 18.1. The molecule has 3 aliphatic rings. The number of amides is 1. The second-order valence-electron chi connectivity index (χ2n) is 8.58. The summed E-state index contributed by atoms with van der Waals surface area (Å²) in [6, 6.07) is 9.59. The summed E-state index contributed by atoms with van der Waals surface area (Å²) >= 11 is 0. The highest BCUT2D eigenvalue weighted by molar-refractivity contribution is 6.13. The number of carbonyl (C=O) groups is 1. The Balaban J connectivity index is 1.40. The minimum Gasteiger partial charge on any atom is -0.371 e. The van der Waals surface area contributed by atoms with Gasteiger partial charge >= 0.3 is 6.18 Å². The standard InChI is InChI=1S/C24H24F3N3O3/c1-15-3-2-4-19-21(15)17(22(31)29-19)14-28-16-5-6-20(18(13-16)24(25,26)27)30-9-7-23(8-10-30)32-11-12-33-23/h2-6,13-14,17H,7-12H2,1H3,(H,29,31). The summed E-state index contributed by atoms with van der Waals surface area (Å²) in [6.07, 6.45) is -2.09. The van der Waals surface area contributed by atoms with Crippen molar-refractivity contribution in [3.63, 3.8) is 0 Å². The van der Waals surface area contributed by atoms with E-state index in [0.29, 0.717) is 44.8 Å². The maximum Gasteiger partial charge on any atom is 0.418 e. The Kier molecular flexibility index (Phi) is 5.41. The first-order valence-corrected chi connectivity index (χ1v) is 10.9. The highest BCUT2D eigenvalue weighted by Crippen LogP contribution is 2.42. The molecule has 2 aromatic rings. The third-order valence-electron chi connectivity index (χ3n) is 6.51. The molecule has 0 aliphatic carbocycles. The number of rotatable bonds is 3. The second kappa shape index (κ2) is 8.14. The fraction of sp³-hybridized carbons (Fsp3) is 0.417. The smallest absolute Gasteiger partial charge is 0.371 e. The van der Waals surface area contributed by atoms with Crippen molar-refractivity contribution in [2.24, 2.45) is 4.99 Å². The van der Waals surface area contributed by atoms with Crippen LogP contribution in [0.4, 0.5) is 30.2 Å². The van der Waals surface area contributed by atoms with Gasteiger partial charge in [-0.25, -0.2) is 0 Å². The first kappa shape index (κ1) is 21.9. The van der Waals surface area contributed by atoms with Crippen LogP contribution in [0.3, 0.4) is 0 Å². The van der Waals surface area contributed by atoms with Crippen LogP contribution in [0.5, 0.6) is 0 Å². The predicted molar refractivity (Wildman–Crippen MR) is 118 cm³/mol. The molecule has 0 bridgehead atoms. The first-order chi connectivity index (χ1) is 15.8. The fourth-order valence-electron chi connectivity index (χ4n) is 4.83. The monoisotopic (exact) mass is 459 g/mol. The summed E-state index contributed by atoms with van der Waals surface area (Å²) in [5.74, 6) is -1.54. The fourth-order valence-corrected chi connectivity index (χ4v) is 4.83. The van der Waals surface area contributed by atoms with E-state index in [4.69, 9.17) is 9.47 Å². The van der Waals surface area contributed by atoms with Crippen molar-refractivity contribution in [2.45, 2.75) is 37.6 Å². The molecule has 1 atom stereocenters. The van der Waals surface area contributed by atoms with E-state index >= 15 is 0 Å². The molecule has 33 heavy (non-hydrogen) atoms. The first-order valence-electron chi connectivity index (χ1n) is 10.9. The SMILES string of the molecule is Cc1cccc2c1C(C=Nc1ccc(N3CCC4(CC3)OCCO4)c(C(F)(F)F)c1)C(=O)N2. The van der Waals surface area contributed by atoms with Gasteiger partial charge in [0, 0.05) is 43.5 Å². The summed E-state index contributed by atoms with van der Waals surface area (Å²) in [7, 11) is 0. The van der Waals surface area contributed by atoms with Gasteiger partial charge < -0.3 is 19.7 Å². The Hall–Kier alpha value is -2.91. The van der Waals surface area contributed by atoms with E-state index in [1.807, 2.05) is 19.1 Å². The molecule has 2 saturated heterocycles. The van der Waals surface area contributed by atoms with Gasteiger partial charge in [-0.2, -0.15) is 13.2 Å². The van der Waals surface area contributed by atoms with Crippen LogP contribution in [-0.2, 0) is 20.4 Å². The normalized spacial score (nSPS) is 22.2. The number of hydrogen-bond acceptors (Lipinski definition) is 5. The topological polar surface area (TPSA) is 63.2 Å². The number of ether oxygens (including phenoxy) is 2. The molecule has 1 amide bonds. The van der Waals surface area contributed by atoms with Gasteiger partial charge in [-0.05, 0) is 42.3 Å². The van der Waals surface area contributed by atoms with Crippen molar-refractivity contribution in [1.82, 2.24) is 0 Å². The average Bonchev–Trinajstić information content (AvgIpc) is 3.36.